The first-order valence-electron chi connectivity index (χ1n) is 10.3. The maximum absolute atomic E-state index is 12.9. The molecule has 2 aromatic carbocycles. The third-order valence-corrected chi connectivity index (χ3v) is 5.13. The Hall–Kier alpha value is -3.94. The molecule has 4 rings (SSSR count). The van der Waals surface area contributed by atoms with Crippen LogP contribution in [0.15, 0.2) is 63.9 Å². The number of pyridine rings is 1. The van der Waals surface area contributed by atoms with Crippen molar-refractivity contribution < 1.29 is 14.1 Å². The Labute approximate surface area is 184 Å². The Balaban J connectivity index is 1.61. The number of carbonyl (C=O) groups is 1. The van der Waals surface area contributed by atoms with E-state index in [-0.39, 0.29) is 29.8 Å². The van der Waals surface area contributed by atoms with Gasteiger partial charge >= 0.3 is 0 Å². The fourth-order valence-electron chi connectivity index (χ4n) is 3.44. The summed E-state index contributed by atoms with van der Waals surface area (Å²) < 4.78 is 12.1. The minimum Gasteiger partial charge on any atom is -0.497 e. The van der Waals surface area contributed by atoms with E-state index in [1.54, 1.807) is 13.2 Å². The molecule has 32 heavy (non-hydrogen) atoms. The first kappa shape index (κ1) is 21.3. The number of nitrogens with zero attached hydrogens (tertiary/aromatic N) is 3. The predicted molar refractivity (Wildman–Crippen MR) is 120 cm³/mol. The number of hydrogen-bond donors (Lipinski definition) is 1. The molecule has 2 heterocycles. The van der Waals surface area contributed by atoms with Gasteiger partial charge in [-0.15, -0.1) is 0 Å². The van der Waals surface area contributed by atoms with Crippen LogP contribution in [0.4, 0.5) is 0 Å². The molecule has 8 heteroatoms. The average Bonchev–Trinajstić information content (AvgIpc) is 3.30. The van der Waals surface area contributed by atoms with Crippen LogP contribution in [0.5, 0.6) is 5.75 Å². The number of ether oxygens (including phenoxy) is 1. The zero-order chi connectivity index (χ0) is 22.7. The van der Waals surface area contributed by atoms with Crippen LogP contribution in [0.3, 0.4) is 0 Å². The van der Waals surface area contributed by atoms with Crippen LogP contribution in [-0.4, -0.2) is 27.7 Å². The van der Waals surface area contributed by atoms with E-state index in [4.69, 9.17) is 9.26 Å². The van der Waals surface area contributed by atoms with Crippen molar-refractivity contribution in [2.24, 2.45) is 0 Å². The lowest BCUT2D eigenvalue weighted by molar-refractivity contribution is -0.121. The van der Waals surface area contributed by atoms with Gasteiger partial charge in [-0.25, -0.2) is 0 Å². The number of aromatic nitrogens is 3. The minimum atomic E-state index is -0.320. The number of amides is 1. The molecule has 0 unspecified atom stereocenters. The van der Waals surface area contributed by atoms with Crippen molar-refractivity contribution in [1.82, 2.24) is 20.0 Å². The molecule has 0 saturated carbocycles. The maximum atomic E-state index is 12.9. The highest BCUT2D eigenvalue weighted by Gasteiger charge is 2.18. The van der Waals surface area contributed by atoms with Gasteiger partial charge in [0.25, 0.3) is 11.4 Å². The standard InChI is InChI=1S/C24H24N4O4/c1-15(2)23-26-24(32-27-23)19-12-22(30)28(20-10-5-4-9-18(19)20)14-21(29)25-13-16-7-6-8-17(11-16)31-3/h4-12,15H,13-14H2,1-3H3,(H,25,29). The molecule has 164 valence electrons. The van der Waals surface area contributed by atoms with E-state index >= 15 is 0 Å². The van der Waals surface area contributed by atoms with Crippen molar-refractivity contribution in [2.75, 3.05) is 7.11 Å². The molecule has 2 aromatic heterocycles. The van der Waals surface area contributed by atoms with Crippen LogP contribution in [0.1, 0.15) is 31.2 Å². The molecular formula is C24H24N4O4. The van der Waals surface area contributed by atoms with E-state index in [0.717, 1.165) is 16.7 Å². The highest BCUT2D eigenvalue weighted by atomic mass is 16.5. The van der Waals surface area contributed by atoms with Crippen LogP contribution >= 0.6 is 0 Å². The van der Waals surface area contributed by atoms with Gasteiger partial charge in [0.05, 0.1) is 18.2 Å². The summed E-state index contributed by atoms with van der Waals surface area (Å²) >= 11 is 0. The minimum absolute atomic E-state index is 0.104. The van der Waals surface area contributed by atoms with Crippen molar-refractivity contribution >= 4 is 16.8 Å². The van der Waals surface area contributed by atoms with E-state index in [2.05, 4.69) is 15.5 Å². The van der Waals surface area contributed by atoms with E-state index in [1.807, 2.05) is 56.3 Å². The topological polar surface area (TPSA) is 99.2 Å². The van der Waals surface area contributed by atoms with Gasteiger partial charge in [0, 0.05) is 23.9 Å². The molecule has 1 amide bonds. The first-order chi connectivity index (χ1) is 15.5. The van der Waals surface area contributed by atoms with E-state index in [1.165, 1.54) is 10.6 Å². The number of rotatable bonds is 7. The van der Waals surface area contributed by atoms with Gasteiger partial charge < -0.3 is 14.6 Å². The van der Waals surface area contributed by atoms with Gasteiger partial charge in [-0.2, -0.15) is 4.98 Å². The van der Waals surface area contributed by atoms with Gasteiger partial charge in [0.15, 0.2) is 5.82 Å². The van der Waals surface area contributed by atoms with Crippen LogP contribution in [0.25, 0.3) is 22.4 Å². The molecule has 0 radical (unpaired) electrons. The number of hydrogen-bond acceptors (Lipinski definition) is 6. The molecule has 0 bridgehead atoms. The van der Waals surface area contributed by atoms with Crippen LogP contribution in [0.2, 0.25) is 0 Å². The molecular weight excluding hydrogens is 408 g/mol. The van der Waals surface area contributed by atoms with Gasteiger partial charge in [-0.05, 0) is 23.8 Å². The zero-order valence-corrected chi connectivity index (χ0v) is 18.2. The molecule has 1 N–H and O–H groups in total. The van der Waals surface area contributed by atoms with Crippen molar-refractivity contribution in [3.63, 3.8) is 0 Å². The molecule has 0 aliphatic rings. The van der Waals surface area contributed by atoms with Gasteiger partial charge in [0.2, 0.25) is 5.91 Å². The van der Waals surface area contributed by atoms with Crippen molar-refractivity contribution in [3.8, 4) is 17.2 Å². The smallest absolute Gasteiger partial charge is 0.258 e. The van der Waals surface area contributed by atoms with Gasteiger partial charge in [0.1, 0.15) is 12.3 Å². The average molecular weight is 432 g/mol. The molecule has 8 nitrogen and oxygen atoms in total. The SMILES string of the molecule is COc1cccc(CNC(=O)Cn2c(=O)cc(-c3nc(C(C)C)no3)c3ccccc32)c1. The predicted octanol–water partition coefficient (Wildman–Crippen LogP) is 3.50. The number of methoxy groups -OCH3 is 1. The molecule has 0 saturated heterocycles. The Bertz CT molecular complexity index is 1320. The lowest BCUT2D eigenvalue weighted by Gasteiger charge is -2.12. The number of para-hydroxylation sites is 1. The van der Waals surface area contributed by atoms with E-state index in [0.29, 0.717) is 23.4 Å². The first-order valence-corrected chi connectivity index (χ1v) is 10.3. The Morgan fingerprint density at radius 1 is 1.16 bits per heavy atom. The second-order valence-electron chi connectivity index (χ2n) is 7.74. The van der Waals surface area contributed by atoms with Crippen LogP contribution in [0, 0.1) is 0 Å². The van der Waals surface area contributed by atoms with E-state index < -0.39 is 0 Å². The molecule has 4 aromatic rings. The van der Waals surface area contributed by atoms with Gasteiger partial charge in [-0.1, -0.05) is 49.3 Å². The third-order valence-electron chi connectivity index (χ3n) is 5.13. The molecule has 0 aliphatic heterocycles. The van der Waals surface area contributed by atoms with Crippen molar-refractivity contribution in [1.29, 1.82) is 0 Å². The number of carbonyl (C=O) groups excluding carboxylic acids is 1. The summed E-state index contributed by atoms with van der Waals surface area (Å²) in [6.45, 7) is 4.16. The number of nitrogens with one attached hydrogen (secondary N) is 1. The summed E-state index contributed by atoms with van der Waals surface area (Å²) in [5.74, 6) is 1.41. The third kappa shape index (κ3) is 4.39. The highest BCUT2D eigenvalue weighted by molar-refractivity contribution is 5.93. The lowest BCUT2D eigenvalue weighted by atomic mass is 10.1. The summed E-state index contributed by atoms with van der Waals surface area (Å²) in [6.07, 6.45) is 0. The summed E-state index contributed by atoms with van der Waals surface area (Å²) in [7, 11) is 1.59. The van der Waals surface area contributed by atoms with Gasteiger partial charge in [-0.3, -0.25) is 14.2 Å². The second-order valence-corrected chi connectivity index (χ2v) is 7.74. The molecule has 0 fully saturated rings. The van der Waals surface area contributed by atoms with Crippen molar-refractivity contribution in [3.05, 3.63) is 76.3 Å². The van der Waals surface area contributed by atoms with Crippen LogP contribution in [-0.2, 0) is 17.9 Å². The van der Waals surface area contributed by atoms with Crippen LogP contribution < -0.4 is 15.6 Å². The number of fused-ring (bicyclic) bond motifs is 1. The monoisotopic (exact) mass is 432 g/mol. The van der Waals surface area contributed by atoms with E-state index in [9.17, 15) is 9.59 Å². The molecule has 0 spiro atoms. The largest absolute Gasteiger partial charge is 0.497 e. The fraction of sp³-hybridized carbons (Fsp3) is 0.250. The summed E-state index contributed by atoms with van der Waals surface area (Å²) in [6, 6.07) is 16.2. The maximum Gasteiger partial charge on any atom is 0.258 e. The molecule has 0 aliphatic carbocycles. The second kappa shape index (κ2) is 9.05. The lowest BCUT2D eigenvalue weighted by Crippen LogP contribution is -2.32. The quantitative estimate of drug-likeness (QED) is 0.480. The highest BCUT2D eigenvalue weighted by Crippen LogP contribution is 2.27. The molecule has 0 atom stereocenters. The zero-order valence-electron chi connectivity index (χ0n) is 18.2. The fourth-order valence-corrected chi connectivity index (χ4v) is 3.44. The summed E-state index contributed by atoms with van der Waals surface area (Å²) in [4.78, 5) is 30.0. The Morgan fingerprint density at radius 3 is 2.72 bits per heavy atom. The Morgan fingerprint density at radius 2 is 1.97 bits per heavy atom. The van der Waals surface area contributed by atoms with Crippen molar-refractivity contribution in [2.45, 2.75) is 32.9 Å². The summed E-state index contributed by atoms with van der Waals surface area (Å²) in [5, 5.41) is 7.61. The Kier molecular flexibility index (Phi) is 6.02. The summed E-state index contributed by atoms with van der Waals surface area (Å²) in [5.41, 5.74) is 1.76. The number of benzene rings is 2. The normalized spacial score (nSPS) is 11.1.